The second kappa shape index (κ2) is 6.00. The van der Waals surface area contributed by atoms with Crippen LogP contribution in [-0.2, 0) is 0 Å². The molecular weight excluding hydrogens is 290 g/mol. The normalized spacial score (nSPS) is 15.8. The average molecular weight is 312 g/mol. The number of anilines is 1. The first-order valence-electron chi connectivity index (χ1n) is 6.94. The van der Waals surface area contributed by atoms with Gasteiger partial charge in [0.2, 0.25) is 0 Å². The summed E-state index contributed by atoms with van der Waals surface area (Å²) in [4.78, 5) is 9.47. The van der Waals surface area contributed by atoms with E-state index in [2.05, 4.69) is 42.0 Å². The lowest BCUT2D eigenvalue weighted by atomic mass is 9.84. The summed E-state index contributed by atoms with van der Waals surface area (Å²) in [5.74, 6) is 3.00. The molecule has 1 aliphatic carbocycles. The third kappa shape index (κ3) is 2.85. The van der Waals surface area contributed by atoms with Gasteiger partial charge in [-0.2, -0.15) is 0 Å². The fourth-order valence-electron chi connectivity index (χ4n) is 2.07. The van der Waals surface area contributed by atoms with Crippen LogP contribution in [0.3, 0.4) is 0 Å². The molecule has 0 saturated heterocycles. The summed E-state index contributed by atoms with van der Waals surface area (Å²) in [5.41, 5.74) is 1.13. The molecule has 1 aliphatic rings. The van der Waals surface area contributed by atoms with Crippen molar-refractivity contribution in [3.05, 3.63) is 16.0 Å². The van der Waals surface area contributed by atoms with Gasteiger partial charge >= 0.3 is 0 Å². The van der Waals surface area contributed by atoms with Crippen molar-refractivity contribution in [1.82, 2.24) is 9.97 Å². The minimum atomic E-state index is 0.420. The Bertz CT molecular complexity index is 414. The molecular formula is C14H22BrN3. The van der Waals surface area contributed by atoms with Crippen molar-refractivity contribution in [2.24, 2.45) is 0 Å². The minimum absolute atomic E-state index is 0.420. The fourth-order valence-corrected chi connectivity index (χ4v) is 2.85. The quantitative estimate of drug-likeness (QED) is 0.872. The highest BCUT2D eigenvalue weighted by molar-refractivity contribution is 9.10. The molecule has 0 atom stereocenters. The molecule has 1 fully saturated rings. The monoisotopic (exact) mass is 311 g/mol. The van der Waals surface area contributed by atoms with E-state index < -0.39 is 0 Å². The van der Waals surface area contributed by atoms with Crippen molar-refractivity contribution < 1.29 is 0 Å². The first kappa shape index (κ1) is 13.8. The number of nitrogens with zero attached hydrogens (tertiary/aromatic N) is 2. The summed E-state index contributed by atoms with van der Waals surface area (Å²) < 4.78 is 1.04. The van der Waals surface area contributed by atoms with Crippen LogP contribution in [0.25, 0.3) is 0 Å². The van der Waals surface area contributed by atoms with Gasteiger partial charge in [0.15, 0.2) is 0 Å². The van der Waals surface area contributed by atoms with E-state index in [1.807, 2.05) is 0 Å². The number of halogens is 1. The predicted molar refractivity (Wildman–Crippen MR) is 79.2 cm³/mol. The molecule has 0 aliphatic heterocycles. The standard InChI is InChI=1S/C14H22BrN3/c1-4-8-16-14-11(15)12(9(2)3)17-13(18-14)10-6-5-7-10/h9-10H,4-8H2,1-3H3,(H,16,17,18). The van der Waals surface area contributed by atoms with E-state index in [0.717, 1.165) is 34.8 Å². The van der Waals surface area contributed by atoms with Gasteiger partial charge in [0.1, 0.15) is 11.6 Å². The molecule has 0 amide bonds. The van der Waals surface area contributed by atoms with Crippen LogP contribution >= 0.6 is 15.9 Å². The first-order chi connectivity index (χ1) is 8.63. The Morgan fingerprint density at radius 3 is 2.56 bits per heavy atom. The number of aromatic nitrogens is 2. The van der Waals surface area contributed by atoms with Gasteiger partial charge in [-0.1, -0.05) is 27.2 Å². The molecule has 3 nitrogen and oxygen atoms in total. The molecule has 0 radical (unpaired) electrons. The smallest absolute Gasteiger partial charge is 0.144 e. The van der Waals surface area contributed by atoms with Gasteiger partial charge in [-0.25, -0.2) is 9.97 Å². The summed E-state index contributed by atoms with van der Waals surface area (Å²) in [6, 6.07) is 0. The summed E-state index contributed by atoms with van der Waals surface area (Å²) in [7, 11) is 0. The van der Waals surface area contributed by atoms with E-state index in [1.165, 1.54) is 19.3 Å². The molecule has 1 N–H and O–H groups in total. The van der Waals surface area contributed by atoms with Crippen molar-refractivity contribution in [1.29, 1.82) is 0 Å². The predicted octanol–water partition coefficient (Wildman–Crippen LogP) is 4.45. The number of nitrogens with one attached hydrogen (secondary N) is 1. The maximum Gasteiger partial charge on any atom is 0.144 e. The van der Waals surface area contributed by atoms with Crippen LogP contribution in [0.5, 0.6) is 0 Å². The lowest BCUT2D eigenvalue weighted by Crippen LogP contribution is -2.16. The maximum atomic E-state index is 4.76. The molecule has 0 spiro atoms. The van der Waals surface area contributed by atoms with Gasteiger partial charge in [0.05, 0.1) is 10.2 Å². The van der Waals surface area contributed by atoms with Crippen molar-refractivity contribution in [3.63, 3.8) is 0 Å². The average Bonchev–Trinajstić information content (AvgIpc) is 2.26. The third-order valence-electron chi connectivity index (χ3n) is 3.45. The van der Waals surface area contributed by atoms with Gasteiger partial charge in [0, 0.05) is 12.5 Å². The summed E-state index contributed by atoms with van der Waals surface area (Å²) in [6.07, 6.45) is 4.91. The van der Waals surface area contributed by atoms with E-state index in [0.29, 0.717) is 11.8 Å². The minimum Gasteiger partial charge on any atom is -0.369 e. The van der Waals surface area contributed by atoms with Crippen LogP contribution in [0.2, 0.25) is 0 Å². The SMILES string of the molecule is CCCNc1nc(C2CCC2)nc(C(C)C)c1Br. The molecule has 100 valence electrons. The number of hydrogen-bond donors (Lipinski definition) is 1. The number of hydrogen-bond acceptors (Lipinski definition) is 3. The maximum absolute atomic E-state index is 4.76. The van der Waals surface area contributed by atoms with Crippen molar-refractivity contribution in [2.75, 3.05) is 11.9 Å². The van der Waals surface area contributed by atoms with Crippen LogP contribution in [0, 0.1) is 0 Å². The van der Waals surface area contributed by atoms with Gasteiger partial charge in [-0.3, -0.25) is 0 Å². The summed E-state index contributed by atoms with van der Waals surface area (Å²) >= 11 is 3.65. The Kier molecular flexibility index (Phi) is 4.60. The van der Waals surface area contributed by atoms with E-state index in [1.54, 1.807) is 0 Å². The first-order valence-corrected chi connectivity index (χ1v) is 7.74. The zero-order valence-electron chi connectivity index (χ0n) is 11.5. The third-order valence-corrected chi connectivity index (χ3v) is 4.24. The van der Waals surface area contributed by atoms with Crippen LogP contribution < -0.4 is 5.32 Å². The van der Waals surface area contributed by atoms with Gasteiger partial charge in [-0.15, -0.1) is 0 Å². The highest BCUT2D eigenvalue weighted by Crippen LogP contribution is 2.37. The molecule has 1 aromatic heterocycles. The second-order valence-electron chi connectivity index (χ2n) is 5.34. The molecule has 1 heterocycles. The highest BCUT2D eigenvalue weighted by Gasteiger charge is 2.25. The van der Waals surface area contributed by atoms with Crippen LogP contribution in [-0.4, -0.2) is 16.5 Å². The fraction of sp³-hybridized carbons (Fsp3) is 0.714. The molecule has 1 saturated carbocycles. The van der Waals surface area contributed by atoms with Gasteiger partial charge in [-0.05, 0) is 41.1 Å². The Balaban J connectivity index is 2.33. The zero-order chi connectivity index (χ0) is 13.1. The molecule has 2 rings (SSSR count). The molecule has 0 unspecified atom stereocenters. The Morgan fingerprint density at radius 2 is 2.06 bits per heavy atom. The lowest BCUT2D eigenvalue weighted by molar-refractivity contribution is 0.400. The van der Waals surface area contributed by atoms with Gasteiger partial charge in [0.25, 0.3) is 0 Å². The van der Waals surface area contributed by atoms with E-state index in [4.69, 9.17) is 9.97 Å². The number of rotatable bonds is 5. The largest absolute Gasteiger partial charge is 0.369 e. The Hall–Kier alpha value is -0.640. The van der Waals surface area contributed by atoms with Crippen LogP contribution in [0.4, 0.5) is 5.82 Å². The molecule has 1 aromatic rings. The highest BCUT2D eigenvalue weighted by atomic mass is 79.9. The van der Waals surface area contributed by atoms with Crippen molar-refractivity contribution >= 4 is 21.7 Å². The Labute approximate surface area is 118 Å². The summed E-state index contributed by atoms with van der Waals surface area (Å²) in [5, 5.41) is 3.40. The Morgan fingerprint density at radius 1 is 1.33 bits per heavy atom. The van der Waals surface area contributed by atoms with Crippen LogP contribution in [0.15, 0.2) is 4.47 Å². The van der Waals surface area contributed by atoms with E-state index >= 15 is 0 Å². The lowest BCUT2D eigenvalue weighted by Gasteiger charge is -2.25. The van der Waals surface area contributed by atoms with E-state index in [-0.39, 0.29) is 0 Å². The van der Waals surface area contributed by atoms with Crippen molar-refractivity contribution in [3.8, 4) is 0 Å². The second-order valence-corrected chi connectivity index (χ2v) is 6.13. The molecule has 4 heteroatoms. The topological polar surface area (TPSA) is 37.8 Å². The van der Waals surface area contributed by atoms with Crippen LogP contribution in [0.1, 0.15) is 69.8 Å². The van der Waals surface area contributed by atoms with E-state index in [9.17, 15) is 0 Å². The molecule has 0 aromatic carbocycles. The molecule has 0 bridgehead atoms. The van der Waals surface area contributed by atoms with Gasteiger partial charge < -0.3 is 5.32 Å². The molecule has 18 heavy (non-hydrogen) atoms. The van der Waals surface area contributed by atoms with Crippen molar-refractivity contribution in [2.45, 2.75) is 58.3 Å². The zero-order valence-corrected chi connectivity index (χ0v) is 13.0. The summed E-state index contributed by atoms with van der Waals surface area (Å²) in [6.45, 7) is 7.48.